The highest BCUT2D eigenvalue weighted by atomic mass is 32.2. The first-order chi connectivity index (χ1) is 18.8. The maximum absolute atomic E-state index is 14.1. The molecule has 0 atom stereocenters. The number of aromatic amines is 2. The molecule has 0 unspecified atom stereocenters. The number of halogens is 1. The molecule has 2 aromatic heterocycles. The standard InChI is InChI=1S/C27H31FN6O4S/c1-3-16-13-25(35)21(28)14-20(16)17-4-5-19-23(12-17)31-32-26(19)27-29-22-8-11-34(15-24(22)30-27)39(36,37)33-9-6-18(38-2)7-10-33/h4-5,12-14,18,35H,3,6-11,15H2,1-2H3,(H,29,30)(H,31,32). The van der Waals surface area contributed by atoms with Gasteiger partial charge in [-0.2, -0.15) is 22.1 Å². The molecule has 0 radical (unpaired) electrons. The molecular weight excluding hydrogens is 523 g/mol. The molecule has 0 saturated carbocycles. The van der Waals surface area contributed by atoms with Crippen molar-refractivity contribution in [3.63, 3.8) is 0 Å². The normalized spacial score (nSPS) is 17.6. The zero-order valence-electron chi connectivity index (χ0n) is 21.9. The SMILES string of the molecule is CCc1cc(O)c(F)cc1-c1ccc2c(-c3nc4c([nH]3)CCN(S(=O)(=O)N3CCC(OC)CC3)C4)n[nH]c2c1. The quantitative estimate of drug-likeness (QED) is 0.333. The zero-order chi connectivity index (χ0) is 27.3. The van der Waals surface area contributed by atoms with Crippen molar-refractivity contribution in [1.29, 1.82) is 0 Å². The van der Waals surface area contributed by atoms with E-state index in [1.165, 1.54) is 16.4 Å². The van der Waals surface area contributed by atoms with Gasteiger partial charge < -0.3 is 14.8 Å². The third-order valence-electron chi connectivity index (χ3n) is 7.84. The molecule has 0 aliphatic carbocycles. The Morgan fingerprint density at radius 3 is 2.69 bits per heavy atom. The molecule has 4 heterocycles. The highest BCUT2D eigenvalue weighted by Gasteiger charge is 2.36. The van der Waals surface area contributed by atoms with Crippen LogP contribution in [0.2, 0.25) is 0 Å². The second-order valence-electron chi connectivity index (χ2n) is 10.1. The summed E-state index contributed by atoms with van der Waals surface area (Å²) in [6, 6.07) is 8.53. The van der Waals surface area contributed by atoms with Crippen molar-refractivity contribution in [3.8, 4) is 28.4 Å². The number of nitrogens with zero attached hydrogens (tertiary/aromatic N) is 4. The van der Waals surface area contributed by atoms with Crippen LogP contribution in [0.3, 0.4) is 0 Å². The van der Waals surface area contributed by atoms with E-state index in [4.69, 9.17) is 9.72 Å². The van der Waals surface area contributed by atoms with Gasteiger partial charge in [0.15, 0.2) is 17.4 Å². The summed E-state index contributed by atoms with van der Waals surface area (Å²) in [4.78, 5) is 8.10. The van der Waals surface area contributed by atoms with Gasteiger partial charge in [0.1, 0.15) is 5.69 Å². The Labute approximate surface area is 226 Å². The van der Waals surface area contributed by atoms with Crippen LogP contribution in [-0.2, 0) is 34.3 Å². The zero-order valence-corrected chi connectivity index (χ0v) is 22.7. The number of H-pyrrole nitrogens is 2. The summed E-state index contributed by atoms with van der Waals surface area (Å²) >= 11 is 0. The van der Waals surface area contributed by atoms with Gasteiger partial charge in [-0.3, -0.25) is 5.10 Å². The average Bonchev–Trinajstić information content (AvgIpc) is 3.57. The van der Waals surface area contributed by atoms with E-state index < -0.39 is 16.0 Å². The molecule has 3 N–H and O–H groups in total. The maximum Gasteiger partial charge on any atom is 0.282 e. The number of benzene rings is 2. The number of ether oxygens (including phenoxy) is 1. The van der Waals surface area contributed by atoms with E-state index in [1.54, 1.807) is 11.4 Å². The minimum atomic E-state index is -3.59. The fourth-order valence-corrected chi connectivity index (χ4v) is 7.18. The Morgan fingerprint density at radius 1 is 1.15 bits per heavy atom. The second kappa shape index (κ2) is 10.0. The minimum Gasteiger partial charge on any atom is -0.505 e. The third-order valence-corrected chi connectivity index (χ3v) is 9.82. The molecule has 10 nitrogen and oxygen atoms in total. The number of aromatic nitrogens is 4. The van der Waals surface area contributed by atoms with Gasteiger partial charge in [0.25, 0.3) is 10.2 Å². The number of phenols is 1. The maximum atomic E-state index is 14.1. The fraction of sp³-hybridized carbons (Fsp3) is 0.407. The molecule has 2 aliphatic heterocycles. The number of phenolic OH excluding ortho intramolecular Hbond substituents is 1. The van der Waals surface area contributed by atoms with Crippen LogP contribution in [0.1, 0.15) is 36.7 Å². The third kappa shape index (κ3) is 4.61. The van der Waals surface area contributed by atoms with Crippen molar-refractivity contribution in [3.05, 3.63) is 53.1 Å². The lowest BCUT2D eigenvalue weighted by Gasteiger charge is -2.35. The Bertz CT molecular complexity index is 1640. The topological polar surface area (TPSA) is 127 Å². The van der Waals surface area contributed by atoms with Gasteiger partial charge in [-0.1, -0.05) is 13.0 Å². The van der Waals surface area contributed by atoms with Crippen LogP contribution >= 0.6 is 0 Å². The number of hydrogen-bond acceptors (Lipinski definition) is 6. The van der Waals surface area contributed by atoms with Crippen molar-refractivity contribution in [2.24, 2.45) is 0 Å². The monoisotopic (exact) mass is 554 g/mol. The molecule has 206 valence electrons. The molecule has 4 aromatic rings. The van der Waals surface area contributed by atoms with Crippen LogP contribution in [0.25, 0.3) is 33.5 Å². The molecule has 12 heteroatoms. The van der Waals surface area contributed by atoms with E-state index in [0.29, 0.717) is 68.1 Å². The highest BCUT2D eigenvalue weighted by molar-refractivity contribution is 7.86. The van der Waals surface area contributed by atoms with Crippen LogP contribution in [0.4, 0.5) is 4.39 Å². The highest BCUT2D eigenvalue weighted by Crippen LogP contribution is 2.34. The summed E-state index contributed by atoms with van der Waals surface area (Å²) in [5.41, 5.74) is 5.37. The number of hydrogen-bond donors (Lipinski definition) is 3. The van der Waals surface area contributed by atoms with E-state index in [2.05, 4.69) is 15.2 Å². The largest absolute Gasteiger partial charge is 0.505 e. The molecule has 2 aliphatic rings. The molecule has 0 amide bonds. The van der Waals surface area contributed by atoms with Gasteiger partial charge >= 0.3 is 0 Å². The molecule has 1 saturated heterocycles. The first kappa shape index (κ1) is 25.9. The predicted octanol–water partition coefficient (Wildman–Crippen LogP) is 3.74. The van der Waals surface area contributed by atoms with Crippen LogP contribution in [0.15, 0.2) is 30.3 Å². The Hall–Kier alpha value is -3.32. The minimum absolute atomic E-state index is 0.106. The summed E-state index contributed by atoms with van der Waals surface area (Å²) in [6.45, 7) is 3.45. The van der Waals surface area contributed by atoms with Crippen molar-refractivity contribution in [2.45, 2.75) is 45.3 Å². The van der Waals surface area contributed by atoms with Crippen LogP contribution in [-0.4, -0.2) is 75.1 Å². The lowest BCUT2D eigenvalue weighted by atomic mass is 9.96. The summed E-state index contributed by atoms with van der Waals surface area (Å²) < 4.78 is 49.2. The Kier molecular flexibility index (Phi) is 6.66. The lowest BCUT2D eigenvalue weighted by molar-refractivity contribution is 0.0589. The second-order valence-corrected chi connectivity index (χ2v) is 12.0. The van der Waals surface area contributed by atoms with E-state index in [9.17, 15) is 17.9 Å². The Morgan fingerprint density at radius 2 is 1.95 bits per heavy atom. The molecular formula is C27H31FN6O4S. The Balaban J connectivity index is 1.25. The van der Waals surface area contributed by atoms with Crippen LogP contribution in [0, 0.1) is 5.82 Å². The van der Waals surface area contributed by atoms with Gasteiger partial charge in [0, 0.05) is 44.2 Å². The number of rotatable bonds is 6. The summed E-state index contributed by atoms with van der Waals surface area (Å²) in [6.07, 6.45) is 2.67. The summed E-state index contributed by atoms with van der Waals surface area (Å²) in [7, 11) is -1.93. The van der Waals surface area contributed by atoms with Gasteiger partial charge in [0.2, 0.25) is 0 Å². The molecule has 39 heavy (non-hydrogen) atoms. The lowest BCUT2D eigenvalue weighted by Crippen LogP contribution is -2.49. The molecule has 6 rings (SSSR count). The number of piperidine rings is 1. The summed E-state index contributed by atoms with van der Waals surface area (Å²) in [5.74, 6) is -0.447. The van der Waals surface area contributed by atoms with Crippen molar-refractivity contribution >= 4 is 21.1 Å². The number of aryl methyl sites for hydroxylation is 1. The van der Waals surface area contributed by atoms with Gasteiger partial charge in [-0.15, -0.1) is 0 Å². The van der Waals surface area contributed by atoms with E-state index >= 15 is 0 Å². The van der Waals surface area contributed by atoms with Crippen molar-refractivity contribution in [1.82, 2.24) is 28.8 Å². The van der Waals surface area contributed by atoms with Gasteiger partial charge in [-0.05, 0) is 60.2 Å². The smallest absolute Gasteiger partial charge is 0.282 e. The molecule has 0 spiro atoms. The number of imidazole rings is 1. The first-order valence-corrected chi connectivity index (χ1v) is 14.5. The van der Waals surface area contributed by atoms with E-state index in [0.717, 1.165) is 27.7 Å². The predicted molar refractivity (Wildman–Crippen MR) is 145 cm³/mol. The van der Waals surface area contributed by atoms with E-state index in [-0.39, 0.29) is 18.4 Å². The van der Waals surface area contributed by atoms with Crippen molar-refractivity contribution in [2.75, 3.05) is 26.7 Å². The number of nitrogens with one attached hydrogen (secondary N) is 2. The van der Waals surface area contributed by atoms with Crippen molar-refractivity contribution < 1.29 is 22.7 Å². The number of fused-ring (bicyclic) bond motifs is 2. The van der Waals surface area contributed by atoms with Crippen LogP contribution in [0.5, 0.6) is 5.75 Å². The van der Waals surface area contributed by atoms with E-state index in [1.807, 2.05) is 25.1 Å². The average molecular weight is 555 g/mol. The molecule has 0 bridgehead atoms. The molecule has 1 fully saturated rings. The first-order valence-electron chi connectivity index (χ1n) is 13.1. The van der Waals surface area contributed by atoms with Gasteiger partial charge in [0.05, 0.1) is 23.9 Å². The summed E-state index contributed by atoms with van der Waals surface area (Å²) in [5, 5.41) is 18.2. The number of aromatic hydroxyl groups is 1. The van der Waals surface area contributed by atoms with Crippen LogP contribution < -0.4 is 0 Å². The van der Waals surface area contributed by atoms with Gasteiger partial charge in [-0.25, -0.2) is 9.37 Å². The molecule has 2 aromatic carbocycles. The fourth-order valence-electron chi connectivity index (χ4n) is 5.57. The number of methoxy groups -OCH3 is 1.